The lowest BCUT2D eigenvalue weighted by atomic mass is 10.1. The summed E-state index contributed by atoms with van der Waals surface area (Å²) in [5.41, 5.74) is 0.0254. The molecule has 1 N–H and O–H groups in total. The first-order valence-corrected chi connectivity index (χ1v) is 9.48. The van der Waals surface area contributed by atoms with Crippen molar-refractivity contribution < 1.29 is 21.6 Å². The Morgan fingerprint density at radius 3 is 2.48 bits per heavy atom. The molecule has 1 unspecified atom stereocenters. The molecular formula is C16H20ClF3N4O2S. The van der Waals surface area contributed by atoms with Crippen LogP contribution in [0.25, 0.3) is 0 Å². The van der Waals surface area contributed by atoms with Crippen molar-refractivity contribution in [3.63, 3.8) is 0 Å². The van der Waals surface area contributed by atoms with Gasteiger partial charge < -0.3 is 9.88 Å². The first-order valence-electron chi connectivity index (χ1n) is 8.04. The second-order valence-corrected chi connectivity index (χ2v) is 8.06. The molecule has 0 amide bonds. The number of hydrogen-bond acceptors (Lipinski definition) is 4. The van der Waals surface area contributed by atoms with Crippen LogP contribution in [0.4, 0.5) is 13.2 Å². The number of nitrogens with zero attached hydrogens (tertiary/aromatic N) is 3. The Labute approximate surface area is 161 Å². The number of sulfonamides is 1. The predicted octanol–water partition coefficient (Wildman–Crippen LogP) is 2.28. The zero-order chi connectivity index (χ0) is 18.9. The highest BCUT2D eigenvalue weighted by molar-refractivity contribution is 7.89. The van der Waals surface area contributed by atoms with Gasteiger partial charge >= 0.3 is 6.18 Å². The molecule has 1 saturated heterocycles. The molecule has 1 aliphatic rings. The highest BCUT2D eigenvalue weighted by atomic mass is 35.5. The minimum absolute atomic E-state index is 0. The third kappa shape index (κ3) is 4.81. The van der Waals surface area contributed by atoms with Gasteiger partial charge in [0.25, 0.3) is 0 Å². The molecule has 3 rings (SSSR count). The van der Waals surface area contributed by atoms with E-state index in [2.05, 4.69) is 10.3 Å². The van der Waals surface area contributed by atoms with Gasteiger partial charge in [-0.1, -0.05) is 12.1 Å². The number of piperazine rings is 1. The van der Waals surface area contributed by atoms with Crippen LogP contribution in [0.1, 0.15) is 17.4 Å². The number of aryl methyl sites for hydroxylation is 1. The Hall–Kier alpha value is -1.62. The number of alkyl halides is 3. The number of imidazole rings is 1. The predicted molar refractivity (Wildman–Crippen MR) is 96.2 cm³/mol. The van der Waals surface area contributed by atoms with Crippen LogP contribution in [0, 0.1) is 0 Å². The zero-order valence-electron chi connectivity index (χ0n) is 14.5. The van der Waals surface area contributed by atoms with Crippen molar-refractivity contribution in [3.05, 3.63) is 48.0 Å². The lowest BCUT2D eigenvalue weighted by Crippen LogP contribution is -2.49. The van der Waals surface area contributed by atoms with Gasteiger partial charge in [-0.3, -0.25) is 0 Å². The molecule has 0 saturated carbocycles. The molecule has 11 heteroatoms. The van der Waals surface area contributed by atoms with Crippen LogP contribution in [-0.2, 0) is 23.5 Å². The normalized spacial score (nSPS) is 18.9. The molecule has 2 heterocycles. The number of halogens is 4. The van der Waals surface area contributed by atoms with Gasteiger partial charge in [0.15, 0.2) is 0 Å². The van der Waals surface area contributed by atoms with Gasteiger partial charge in [-0.25, -0.2) is 13.4 Å². The quantitative estimate of drug-likeness (QED) is 0.817. The molecular weight excluding hydrogens is 405 g/mol. The summed E-state index contributed by atoms with van der Waals surface area (Å²) in [5.74, 6) is 0.606. The lowest BCUT2D eigenvalue weighted by molar-refractivity contribution is -0.127. The van der Waals surface area contributed by atoms with E-state index < -0.39 is 28.7 Å². The summed E-state index contributed by atoms with van der Waals surface area (Å²) >= 11 is 0. The van der Waals surface area contributed by atoms with Crippen molar-refractivity contribution in [1.82, 2.24) is 19.2 Å². The van der Waals surface area contributed by atoms with Crippen molar-refractivity contribution in [2.75, 3.05) is 19.6 Å². The largest absolute Gasteiger partial charge is 0.393 e. The van der Waals surface area contributed by atoms with Gasteiger partial charge in [0.2, 0.25) is 10.0 Å². The van der Waals surface area contributed by atoms with Gasteiger partial charge in [0.1, 0.15) is 5.82 Å². The molecule has 27 heavy (non-hydrogen) atoms. The van der Waals surface area contributed by atoms with E-state index in [0.717, 1.165) is 0 Å². The number of benzene rings is 1. The molecule has 150 valence electrons. The first-order chi connectivity index (χ1) is 12.2. The Kier molecular flexibility index (Phi) is 6.56. The number of aromatic nitrogens is 2. The van der Waals surface area contributed by atoms with E-state index in [4.69, 9.17) is 0 Å². The van der Waals surface area contributed by atoms with Gasteiger partial charge in [-0.15, -0.1) is 12.4 Å². The maximum absolute atomic E-state index is 13.0. The molecule has 1 atom stereocenters. The summed E-state index contributed by atoms with van der Waals surface area (Å²) in [6, 6.07) is 4.39. The fourth-order valence-corrected chi connectivity index (χ4v) is 4.62. The fourth-order valence-electron chi connectivity index (χ4n) is 3.04. The molecule has 6 nitrogen and oxygen atoms in total. The van der Waals surface area contributed by atoms with E-state index in [1.165, 1.54) is 28.6 Å². The first kappa shape index (κ1) is 21.7. The maximum atomic E-state index is 13.0. The van der Waals surface area contributed by atoms with Gasteiger partial charge in [0, 0.05) is 39.1 Å². The van der Waals surface area contributed by atoms with Gasteiger partial charge in [-0.05, 0) is 17.7 Å². The monoisotopic (exact) mass is 424 g/mol. The van der Waals surface area contributed by atoms with E-state index in [1.807, 2.05) is 0 Å². The number of hydrogen-bond donors (Lipinski definition) is 1. The van der Waals surface area contributed by atoms with Crippen LogP contribution in [0.5, 0.6) is 0 Å². The molecule has 0 bridgehead atoms. The molecule has 0 radical (unpaired) electrons. The molecule has 2 aromatic rings. The molecule has 1 aromatic carbocycles. The summed E-state index contributed by atoms with van der Waals surface area (Å²) < 4.78 is 66.6. The zero-order valence-corrected chi connectivity index (χ0v) is 16.1. The average Bonchev–Trinajstić information content (AvgIpc) is 3.00. The third-order valence-electron chi connectivity index (χ3n) is 4.29. The van der Waals surface area contributed by atoms with Gasteiger partial charge in [0.05, 0.1) is 17.4 Å². The number of nitrogens with one attached hydrogen (secondary N) is 1. The Balaban J connectivity index is 0.00000261. The second kappa shape index (κ2) is 8.17. The third-order valence-corrected chi connectivity index (χ3v) is 6.21. The Morgan fingerprint density at radius 1 is 1.26 bits per heavy atom. The Morgan fingerprint density at radius 2 is 1.93 bits per heavy atom. The lowest BCUT2D eigenvalue weighted by Gasteiger charge is -2.34. The van der Waals surface area contributed by atoms with E-state index in [9.17, 15) is 21.6 Å². The molecule has 0 aliphatic carbocycles. The summed E-state index contributed by atoms with van der Waals surface area (Å²) in [7, 11) is -2.07. The maximum Gasteiger partial charge on any atom is 0.393 e. The topological polar surface area (TPSA) is 67.2 Å². The van der Waals surface area contributed by atoms with Crippen LogP contribution in [0.15, 0.2) is 41.6 Å². The van der Waals surface area contributed by atoms with Crippen molar-refractivity contribution in [1.29, 1.82) is 0 Å². The van der Waals surface area contributed by atoms with Crippen LogP contribution >= 0.6 is 12.4 Å². The highest BCUT2D eigenvalue weighted by Crippen LogP contribution is 2.29. The van der Waals surface area contributed by atoms with E-state index in [0.29, 0.717) is 18.9 Å². The average molecular weight is 425 g/mol. The summed E-state index contributed by atoms with van der Waals surface area (Å²) in [5, 5.41) is 3.15. The van der Waals surface area contributed by atoms with Crippen molar-refractivity contribution >= 4 is 22.4 Å². The van der Waals surface area contributed by atoms with E-state index >= 15 is 0 Å². The van der Waals surface area contributed by atoms with Crippen LogP contribution in [0.2, 0.25) is 0 Å². The molecule has 1 aromatic heterocycles. The number of rotatable bonds is 4. The van der Waals surface area contributed by atoms with Crippen molar-refractivity contribution in [2.24, 2.45) is 7.05 Å². The van der Waals surface area contributed by atoms with Crippen molar-refractivity contribution in [2.45, 2.75) is 23.5 Å². The summed E-state index contributed by atoms with van der Waals surface area (Å²) in [6.07, 6.45) is -2.08. The smallest absolute Gasteiger partial charge is 0.337 e. The summed E-state index contributed by atoms with van der Waals surface area (Å²) in [6.45, 7) is 1.16. The minimum atomic E-state index is -4.33. The van der Waals surface area contributed by atoms with Crippen LogP contribution in [0.3, 0.4) is 0 Å². The highest BCUT2D eigenvalue weighted by Gasteiger charge is 2.36. The fraction of sp³-hybridized carbons (Fsp3) is 0.438. The minimum Gasteiger partial charge on any atom is -0.337 e. The molecule has 1 fully saturated rings. The van der Waals surface area contributed by atoms with E-state index in [-0.39, 0.29) is 29.4 Å². The van der Waals surface area contributed by atoms with Crippen LogP contribution in [-0.4, -0.2) is 48.1 Å². The van der Waals surface area contributed by atoms with Crippen LogP contribution < -0.4 is 5.32 Å². The summed E-state index contributed by atoms with van der Waals surface area (Å²) in [4.78, 5) is 4.22. The Bertz CT molecular complexity index is 869. The van der Waals surface area contributed by atoms with E-state index in [1.54, 1.807) is 24.0 Å². The molecule has 0 spiro atoms. The van der Waals surface area contributed by atoms with Gasteiger partial charge in [-0.2, -0.15) is 17.5 Å². The standard InChI is InChI=1S/C16H19F3N4O2S.ClH/c1-22-8-7-21-15(22)14-11-20-6-9-23(14)26(24,25)13-4-2-12(3-5-13)10-16(17,18)19;/h2-5,7-8,14,20H,6,9-11H2,1H3;1H. The van der Waals surface area contributed by atoms with Crippen molar-refractivity contribution in [3.8, 4) is 0 Å². The SMILES string of the molecule is Cl.Cn1ccnc1C1CNCCN1S(=O)(=O)c1ccc(CC(F)(F)F)cc1. The second-order valence-electron chi connectivity index (χ2n) is 6.17. The molecule has 1 aliphatic heterocycles.